The van der Waals surface area contributed by atoms with Crippen LogP contribution in [0.1, 0.15) is 26.7 Å². The highest BCUT2D eigenvalue weighted by Gasteiger charge is 2.02. The lowest BCUT2D eigenvalue weighted by Gasteiger charge is -2.09. The molecule has 0 rings (SSSR count). The van der Waals surface area contributed by atoms with Crippen molar-refractivity contribution in [3.63, 3.8) is 0 Å². The molecule has 0 bridgehead atoms. The van der Waals surface area contributed by atoms with E-state index in [1.165, 1.54) is 0 Å². The van der Waals surface area contributed by atoms with E-state index in [0.717, 1.165) is 6.42 Å². The predicted molar refractivity (Wildman–Crippen MR) is 43.2 cm³/mol. The fraction of sp³-hybridized carbons (Fsp3) is 0.857. The molecule has 0 aliphatic rings. The number of nitrogens with one attached hydrogen (secondary N) is 1. The predicted octanol–water partition coefficient (Wildman–Crippen LogP) is 1.53. The van der Waals surface area contributed by atoms with Crippen LogP contribution in [0.15, 0.2) is 0 Å². The van der Waals surface area contributed by atoms with Gasteiger partial charge in [-0.2, -0.15) is 0 Å². The maximum Gasteiger partial charge on any atom is 0.221 e. The maximum atomic E-state index is 10.8. The molecular weight excluding hydrogens is 150 g/mol. The van der Waals surface area contributed by atoms with Crippen molar-refractivity contribution in [3.05, 3.63) is 0 Å². The normalized spacial score (nSPS) is 12.7. The van der Waals surface area contributed by atoms with Crippen molar-refractivity contribution in [1.29, 1.82) is 0 Å². The quantitative estimate of drug-likeness (QED) is 0.626. The smallest absolute Gasteiger partial charge is 0.221 e. The first-order valence-corrected chi connectivity index (χ1v) is 4.09. The second kappa shape index (κ2) is 5.54. The first-order chi connectivity index (χ1) is 4.70. The molecule has 1 N–H and O–H groups in total. The Labute approximate surface area is 66.9 Å². The Kier molecular flexibility index (Phi) is 5.40. The van der Waals surface area contributed by atoms with Gasteiger partial charge in [-0.3, -0.25) is 4.79 Å². The van der Waals surface area contributed by atoms with Gasteiger partial charge in [0.15, 0.2) is 0 Å². The number of carbonyl (C=O) groups excluding carboxylic acids is 1. The van der Waals surface area contributed by atoms with E-state index >= 15 is 0 Å². The lowest BCUT2D eigenvalue weighted by Crippen LogP contribution is -2.31. The van der Waals surface area contributed by atoms with Crippen LogP contribution in [0.25, 0.3) is 0 Å². The van der Waals surface area contributed by atoms with Crippen LogP contribution in [0, 0.1) is 0 Å². The third-order valence-electron chi connectivity index (χ3n) is 1.34. The molecular formula is C7H14ClNO. The Morgan fingerprint density at radius 2 is 2.30 bits per heavy atom. The van der Waals surface area contributed by atoms with E-state index < -0.39 is 0 Å². The molecule has 0 fully saturated rings. The molecule has 0 aromatic heterocycles. The molecule has 0 aromatic carbocycles. The Hall–Kier alpha value is -0.240. The summed E-state index contributed by atoms with van der Waals surface area (Å²) in [5.74, 6) is 0.451. The van der Waals surface area contributed by atoms with E-state index in [9.17, 15) is 4.79 Å². The standard InChI is InChI=1S/C7H14ClNO/c1-3-6(2)9-7(10)4-5-8/h6H,3-5H2,1-2H3,(H,9,10). The van der Waals surface area contributed by atoms with E-state index in [2.05, 4.69) is 5.32 Å². The van der Waals surface area contributed by atoms with Crippen LogP contribution in [0.4, 0.5) is 0 Å². The summed E-state index contributed by atoms with van der Waals surface area (Å²) in [5, 5.41) is 2.81. The Morgan fingerprint density at radius 1 is 1.70 bits per heavy atom. The van der Waals surface area contributed by atoms with Crippen LogP contribution in [0.2, 0.25) is 0 Å². The molecule has 2 nitrogen and oxygen atoms in total. The van der Waals surface area contributed by atoms with Gasteiger partial charge in [-0.05, 0) is 13.3 Å². The molecule has 0 radical (unpaired) electrons. The molecule has 60 valence electrons. The van der Waals surface area contributed by atoms with Crippen molar-refractivity contribution < 1.29 is 4.79 Å². The Morgan fingerprint density at radius 3 is 2.70 bits per heavy atom. The highest BCUT2D eigenvalue weighted by molar-refractivity contribution is 6.18. The zero-order chi connectivity index (χ0) is 7.98. The van der Waals surface area contributed by atoms with Crippen LogP contribution >= 0.6 is 11.6 Å². The summed E-state index contributed by atoms with van der Waals surface area (Å²) in [5.41, 5.74) is 0. The highest BCUT2D eigenvalue weighted by atomic mass is 35.5. The minimum Gasteiger partial charge on any atom is -0.354 e. The highest BCUT2D eigenvalue weighted by Crippen LogP contribution is 1.90. The van der Waals surface area contributed by atoms with Crippen molar-refractivity contribution in [2.45, 2.75) is 32.7 Å². The third kappa shape index (κ3) is 4.62. The summed E-state index contributed by atoms with van der Waals surface area (Å²) in [6, 6.07) is 0.274. The second-order valence-electron chi connectivity index (χ2n) is 2.32. The number of amides is 1. The minimum absolute atomic E-state index is 0.0457. The SMILES string of the molecule is CCC(C)NC(=O)CCCl. The third-order valence-corrected chi connectivity index (χ3v) is 1.53. The van der Waals surface area contributed by atoms with Crippen molar-refractivity contribution in [1.82, 2.24) is 5.32 Å². The van der Waals surface area contributed by atoms with E-state index in [4.69, 9.17) is 11.6 Å². The average molecular weight is 164 g/mol. The number of halogens is 1. The first kappa shape index (κ1) is 9.76. The molecule has 1 atom stereocenters. The molecule has 0 saturated carbocycles. The molecule has 1 amide bonds. The number of rotatable bonds is 4. The largest absolute Gasteiger partial charge is 0.354 e. The first-order valence-electron chi connectivity index (χ1n) is 3.56. The number of carbonyl (C=O) groups is 1. The number of hydrogen-bond donors (Lipinski definition) is 1. The van der Waals surface area contributed by atoms with Crippen molar-refractivity contribution in [2.24, 2.45) is 0 Å². The monoisotopic (exact) mass is 163 g/mol. The summed E-state index contributed by atoms with van der Waals surface area (Å²) in [4.78, 5) is 10.8. The van der Waals surface area contributed by atoms with Gasteiger partial charge in [0.25, 0.3) is 0 Å². The summed E-state index contributed by atoms with van der Waals surface area (Å²) in [7, 11) is 0. The van der Waals surface area contributed by atoms with Gasteiger partial charge in [-0.15, -0.1) is 11.6 Å². The molecule has 0 spiro atoms. The number of hydrogen-bond acceptors (Lipinski definition) is 1. The zero-order valence-electron chi connectivity index (χ0n) is 6.48. The van der Waals surface area contributed by atoms with Crippen molar-refractivity contribution >= 4 is 17.5 Å². The van der Waals surface area contributed by atoms with Crippen LogP contribution in [0.5, 0.6) is 0 Å². The van der Waals surface area contributed by atoms with Gasteiger partial charge in [0.1, 0.15) is 0 Å². The van der Waals surface area contributed by atoms with Gasteiger partial charge in [0.2, 0.25) is 5.91 Å². The van der Waals surface area contributed by atoms with E-state index in [-0.39, 0.29) is 11.9 Å². The van der Waals surface area contributed by atoms with Crippen molar-refractivity contribution in [3.8, 4) is 0 Å². The lowest BCUT2D eigenvalue weighted by atomic mass is 10.2. The number of alkyl halides is 1. The van der Waals surface area contributed by atoms with Crippen molar-refractivity contribution in [2.75, 3.05) is 5.88 Å². The van der Waals surface area contributed by atoms with E-state index in [1.54, 1.807) is 0 Å². The zero-order valence-corrected chi connectivity index (χ0v) is 7.24. The fourth-order valence-corrected chi connectivity index (χ4v) is 0.707. The molecule has 0 aliphatic heterocycles. The Balaban J connectivity index is 3.37. The van der Waals surface area contributed by atoms with Gasteiger partial charge in [-0.1, -0.05) is 6.92 Å². The van der Waals surface area contributed by atoms with Gasteiger partial charge >= 0.3 is 0 Å². The molecule has 3 heteroatoms. The summed E-state index contributed by atoms with van der Waals surface area (Å²) >= 11 is 5.36. The van der Waals surface area contributed by atoms with Crippen LogP contribution < -0.4 is 5.32 Å². The topological polar surface area (TPSA) is 29.1 Å². The summed E-state index contributed by atoms with van der Waals surface area (Å²) in [6.45, 7) is 4.01. The molecule has 1 unspecified atom stereocenters. The van der Waals surface area contributed by atoms with Gasteiger partial charge in [-0.25, -0.2) is 0 Å². The maximum absolute atomic E-state index is 10.8. The van der Waals surface area contributed by atoms with Crippen LogP contribution in [-0.2, 0) is 4.79 Å². The van der Waals surface area contributed by atoms with Gasteiger partial charge in [0.05, 0.1) is 0 Å². The molecule has 0 aromatic rings. The second-order valence-corrected chi connectivity index (χ2v) is 2.69. The van der Waals surface area contributed by atoms with Gasteiger partial charge in [0, 0.05) is 18.3 Å². The molecule has 10 heavy (non-hydrogen) atoms. The average Bonchev–Trinajstić information content (AvgIpc) is 1.88. The lowest BCUT2D eigenvalue weighted by molar-refractivity contribution is -0.121. The fourth-order valence-electron chi connectivity index (χ4n) is 0.535. The molecule has 0 saturated heterocycles. The van der Waals surface area contributed by atoms with E-state index in [0.29, 0.717) is 12.3 Å². The summed E-state index contributed by atoms with van der Waals surface area (Å²) < 4.78 is 0. The molecule has 0 heterocycles. The van der Waals surface area contributed by atoms with Crippen LogP contribution in [-0.4, -0.2) is 17.8 Å². The minimum atomic E-state index is 0.0457. The van der Waals surface area contributed by atoms with Crippen LogP contribution in [0.3, 0.4) is 0 Å². The Bertz CT molecular complexity index is 106. The van der Waals surface area contributed by atoms with E-state index in [1.807, 2.05) is 13.8 Å². The molecule has 0 aliphatic carbocycles. The van der Waals surface area contributed by atoms with Gasteiger partial charge < -0.3 is 5.32 Å². The summed E-state index contributed by atoms with van der Waals surface area (Å²) in [6.07, 6.45) is 1.39.